The molecule has 0 aliphatic carbocycles. The van der Waals surface area contributed by atoms with E-state index in [4.69, 9.17) is 14.2 Å². The molecule has 3 rings (SSSR count). The molecule has 0 amide bonds. The molecule has 1 aromatic rings. The van der Waals surface area contributed by atoms with E-state index in [1.165, 1.54) is 0 Å². The summed E-state index contributed by atoms with van der Waals surface area (Å²) in [6, 6.07) is 8.55. The normalized spacial score (nSPS) is 29.2. The zero-order chi connectivity index (χ0) is 16.3. The summed E-state index contributed by atoms with van der Waals surface area (Å²) in [5.74, 6) is 0. The molecular weight excluding hydrogens is 318 g/mol. The average Bonchev–Trinajstić information content (AvgIpc) is 2.97. The highest BCUT2D eigenvalue weighted by molar-refractivity contribution is 7.89. The van der Waals surface area contributed by atoms with Crippen LogP contribution in [-0.4, -0.2) is 63.9 Å². The lowest BCUT2D eigenvalue weighted by atomic mass is 9.96. The molecule has 0 unspecified atom stereocenters. The van der Waals surface area contributed by atoms with Gasteiger partial charge in [-0.05, 0) is 25.5 Å². The molecule has 0 N–H and O–H groups in total. The smallest absolute Gasteiger partial charge is 0.243 e. The van der Waals surface area contributed by atoms with Crippen LogP contribution >= 0.6 is 0 Å². The zero-order valence-corrected chi connectivity index (χ0v) is 14.1. The minimum absolute atomic E-state index is 0.0925. The molecule has 0 aromatic heterocycles. The number of morpholine rings is 1. The molecular formula is C16H23NO5S. The van der Waals surface area contributed by atoms with E-state index in [9.17, 15) is 8.42 Å². The maximum absolute atomic E-state index is 13.1. The van der Waals surface area contributed by atoms with E-state index < -0.39 is 15.6 Å². The van der Waals surface area contributed by atoms with Crippen LogP contribution in [0.3, 0.4) is 0 Å². The monoisotopic (exact) mass is 341 g/mol. The van der Waals surface area contributed by atoms with Crippen molar-refractivity contribution in [3.05, 3.63) is 30.3 Å². The number of benzene rings is 1. The summed E-state index contributed by atoms with van der Waals surface area (Å²) in [6.07, 6.45) is 0.504. The molecule has 2 aliphatic heterocycles. The third kappa shape index (κ3) is 3.29. The van der Waals surface area contributed by atoms with Crippen molar-refractivity contribution < 1.29 is 22.6 Å². The summed E-state index contributed by atoms with van der Waals surface area (Å²) in [6.45, 7) is 4.50. The number of sulfonamides is 1. The molecule has 1 spiro atoms. The van der Waals surface area contributed by atoms with Crippen molar-refractivity contribution in [1.82, 2.24) is 4.31 Å². The number of hydrogen-bond donors (Lipinski definition) is 0. The summed E-state index contributed by atoms with van der Waals surface area (Å²) < 4.78 is 44.5. The molecule has 128 valence electrons. The molecule has 6 nitrogen and oxygen atoms in total. The van der Waals surface area contributed by atoms with Crippen LogP contribution in [0.2, 0.25) is 0 Å². The molecule has 23 heavy (non-hydrogen) atoms. The average molecular weight is 341 g/mol. The Morgan fingerprint density at radius 3 is 2.83 bits per heavy atom. The highest BCUT2D eigenvalue weighted by Gasteiger charge is 2.51. The van der Waals surface area contributed by atoms with Gasteiger partial charge in [0.15, 0.2) is 0 Å². The maximum atomic E-state index is 13.1. The van der Waals surface area contributed by atoms with E-state index in [1.54, 1.807) is 28.6 Å². The fourth-order valence-electron chi connectivity index (χ4n) is 3.26. The largest absolute Gasteiger partial charge is 0.379 e. The van der Waals surface area contributed by atoms with Crippen molar-refractivity contribution in [3.8, 4) is 0 Å². The second-order valence-electron chi connectivity index (χ2n) is 5.96. The van der Waals surface area contributed by atoms with E-state index in [1.807, 2.05) is 13.0 Å². The van der Waals surface area contributed by atoms with Crippen LogP contribution in [0.5, 0.6) is 0 Å². The Hall–Kier alpha value is -0.990. The van der Waals surface area contributed by atoms with Crippen molar-refractivity contribution in [2.45, 2.75) is 29.9 Å². The Morgan fingerprint density at radius 2 is 2.09 bits per heavy atom. The van der Waals surface area contributed by atoms with Gasteiger partial charge in [0.25, 0.3) is 0 Å². The lowest BCUT2D eigenvalue weighted by Crippen LogP contribution is -2.59. The Labute approximate surface area is 137 Å². The standard InChI is InChI=1S/C16H23NO5S/c1-2-20-11-14-10-16(13-22-14)12-21-9-8-17(16)23(18,19)15-6-4-3-5-7-15/h3-7,14H,2,8-13H2,1H3/t14-,16-/m0/s1. The Balaban J connectivity index is 1.85. The van der Waals surface area contributed by atoms with E-state index in [-0.39, 0.29) is 6.10 Å². The van der Waals surface area contributed by atoms with Gasteiger partial charge in [-0.2, -0.15) is 4.31 Å². The van der Waals surface area contributed by atoms with Gasteiger partial charge in [0.2, 0.25) is 10.0 Å². The second-order valence-corrected chi connectivity index (χ2v) is 7.83. The van der Waals surface area contributed by atoms with Crippen LogP contribution in [0.15, 0.2) is 35.2 Å². The van der Waals surface area contributed by atoms with Gasteiger partial charge in [-0.25, -0.2) is 8.42 Å². The highest BCUT2D eigenvalue weighted by atomic mass is 32.2. The van der Waals surface area contributed by atoms with Gasteiger partial charge in [0.1, 0.15) is 0 Å². The molecule has 2 saturated heterocycles. The third-order valence-electron chi connectivity index (χ3n) is 4.37. The van der Waals surface area contributed by atoms with Crippen LogP contribution in [0.25, 0.3) is 0 Å². The molecule has 0 bridgehead atoms. The van der Waals surface area contributed by atoms with E-state index in [0.717, 1.165) is 0 Å². The SMILES string of the molecule is CCOC[C@@H]1C[C@]2(COCCN2S(=O)(=O)c2ccccc2)CO1. The molecule has 1 aromatic carbocycles. The van der Waals surface area contributed by atoms with Crippen LogP contribution < -0.4 is 0 Å². The van der Waals surface area contributed by atoms with Crippen molar-refractivity contribution in [3.63, 3.8) is 0 Å². The summed E-state index contributed by atoms with van der Waals surface area (Å²) in [5, 5.41) is 0. The number of hydrogen-bond acceptors (Lipinski definition) is 5. The molecule has 0 saturated carbocycles. The zero-order valence-electron chi connectivity index (χ0n) is 13.3. The van der Waals surface area contributed by atoms with Gasteiger partial charge < -0.3 is 14.2 Å². The van der Waals surface area contributed by atoms with E-state index >= 15 is 0 Å². The van der Waals surface area contributed by atoms with Gasteiger partial charge in [0.05, 0.1) is 43.0 Å². The molecule has 2 heterocycles. The molecule has 0 radical (unpaired) electrons. The number of rotatable bonds is 5. The number of ether oxygens (including phenoxy) is 3. The second kappa shape index (κ2) is 6.86. The fourth-order valence-corrected chi connectivity index (χ4v) is 5.02. The molecule has 2 fully saturated rings. The molecule has 2 aliphatic rings. The van der Waals surface area contributed by atoms with Crippen molar-refractivity contribution in [2.75, 3.05) is 39.6 Å². The summed E-state index contributed by atoms with van der Waals surface area (Å²) in [5.41, 5.74) is -0.630. The Kier molecular flexibility index (Phi) is 5.03. The Morgan fingerprint density at radius 1 is 1.30 bits per heavy atom. The van der Waals surface area contributed by atoms with Crippen LogP contribution in [-0.2, 0) is 24.2 Å². The van der Waals surface area contributed by atoms with Crippen LogP contribution in [0.1, 0.15) is 13.3 Å². The number of nitrogens with zero attached hydrogens (tertiary/aromatic N) is 1. The first-order valence-electron chi connectivity index (χ1n) is 7.93. The van der Waals surface area contributed by atoms with Crippen molar-refractivity contribution >= 4 is 10.0 Å². The summed E-state index contributed by atoms with van der Waals surface area (Å²) in [7, 11) is -3.57. The summed E-state index contributed by atoms with van der Waals surface area (Å²) in [4.78, 5) is 0.314. The van der Waals surface area contributed by atoms with Crippen molar-refractivity contribution in [1.29, 1.82) is 0 Å². The molecule has 2 atom stereocenters. The van der Waals surface area contributed by atoms with Gasteiger partial charge >= 0.3 is 0 Å². The van der Waals surface area contributed by atoms with Crippen LogP contribution in [0.4, 0.5) is 0 Å². The predicted molar refractivity (Wildman–Crippen MR) is 84.7 cm³/mol. The first kappa shape index (κ1) is 16.9. The third-order valence-corrected chi connectivity index (χ3v) is 6.39. The lowest BCUT2D eigenvalue weighted by Gasteiger charge is -2.42. The first-order valence-corrected chi connectivity index (χ1v) is 9.37. The quantitative estimate of drug-likeness (QED) is 0.807. The van der Waals surface area contributed by atoms with Gasteiger partial charge in [-0.15, -0.1) is 0 Å². The fraction of sp³-hybridized carbons (Fsp3) is 0.625. The van der Waals surface area contributed by atoms with Crippen LogP contribution in [0, 0.1) is 0 Å². The van der Waals surface area contributed by atoms with Gasteiger partial charge in [-0.3, -0.25) is 0 Å². The van der Waals surface area contributed by atoms with E-state index in [0.29, 0.717) is 50.9 Å². The predicted octanol–water partition coefficient (Wildman–Crippen LogP) is 1.27. The van der Waals surface area contributed by atoms with E-state index in [2.05, 4.69) is 0 Å². The summed E-state index contributed by atoms with van der Waals surface area (Å²) >= 11 is 0. The topological polar surface area (TPSA) is 65.1 Å². The minimum atomic E-state index is -3.57. The Bertz CT molecular complexity index is 621. The van der Waals surface area contributed by atoms with Gasteiger partial charge in [0, 0.05) is 13.2 Å². The first-order chi connectivity index (χ1) is 11.1. The molecule has 7 heteroatoms. The van der Waals surface area contributed by atoms with Gasteiger partial charge in [-0.1, -0.05) is 18.2 Å². The highest BCUT2D eigenvalue weighted by Crippen LogP contribution is 2.36. The maximum Gasteiger partial charge on any atom is 0.243 e. The van der Waals surface area contributed by atoms with Crippen molar-refractivity contribution in [2.24, 2.45) is 0 Å². The minimum Gasteiger partial charge on any atom is -0.379 e. The lowest BCUT2D eigenvalue weighted by molar-refractivity contribution is -0.0315.